The van der Waals surface area contributed by atoms with E-state index in [-0.39, 0.29) is 5.91 Å². The standard InChI is InChI=1S/C26H27N3O2/c1-4-5-15-31-22-12-10-20(11-13-22)26(30)28-23-16-21(9-8-18(23)2)24-17-29-14-6-7-19(3)25(29)27-24/h6-14,16-17H,4-5,15H2,1-3H3,(H,28,30). The van der Waals surface area contributed by atoms with Crippen molar-refractivity contribution >= 4 is 17.2 Å². The van der Waals surface area contributed by atoms with Crippen molar-refractivity contribution in [2.24, 2.45) is 0 Å². The number of rotatable bonds is 7. The van der Waals surface area contributed by atoms with Crippen LogP contribution in [-0.4, -0.2) is 21.9 Å². The molecule has 0 aliphatic rings. The number of hydrogen-bond donors (Lipinski definition) is 1. The van der Waals surface area contributed by atoms with Gasteiger partial charge in [-0.2, -0.15) is 0 Å². The molecular weight excluding hydrogens is 386 g/mol. The van der Waals surface area contributed by atoms with Crippen LogP contribution in [0, 0.1) is 13.8 Å². The van der Waals surface area contributed by atoms with E-state index in [1.165, 1.54) is 0 Å². The second kappa shape index (κ2) is 9.04. The molecule has 0 atom stereocenters. The molecule has 5 nitrogen and oxygen atoms in total. The zero-order valence-corrected chi connectivity index (χ0v) is 18.2. The molecular formula is C26H27N3O2. The number of pyridine rings is 1. The quantitative estimate of drug-likeness (QED) is 0.375. The van der Waals surface area contributed by atoms with Crippen molar-refractivity contribution in [2.45, 2.75) is 33.6 Å². The number of amides is 1. The van der Waals surface area contributed by atoms with Gasteiger partial charge >= 0.3 is 0 Å². The van der Waals surface area contributed by atoms with Crippen LogP contribution in [0.2, 0.25) is 0 Å². The minimum Gasteiger partial charge on any atom is -0.494 e. The number of unbranched alkanes of at least 4 members (excludes halogenated alkanes) is 1. The van der Waals surface area contributed by atoms with Gasteiger partial charge in [-0.25, -0.2) is 4.98 Å². The minimum atomic E-state index is -0.147. The number of aromatic nitrogens is 2. The van der Waals surface area contributed by atoms with E-state index in [2.05, 4.69) is 12.2 Å². The Morgan fingerprint density at radius 3 is 2.61 bits per heavy atom. The van der Waals surface area contributed by atoms with Crippen LogP contribution in [0.15, 0.2) is 67.0 Å². The molecule has 0 aliphatic carbocycles. The number of aryl methyl sites for hydroxylation is 2. The number of carbonyl (C=O) groups excluding carboxylic acids is 1. The molecule has 2 heterocycles. The number of imidazole rings is 1. The van der Waals surface area contributed by atoms with E-state index in [0.29, 0.717) is 12.2 Å². The van der Waals surface area contributed by atoms with Gasteiger partial charge in [-0.1, -0.05) is 31.5 Å². The molecule has 2 aromatic heterocycles. The van der Waals surface area contributed by atoms with E-state index in [1.54, 1.807) is 12.1 Å². The summed E-state index contributed by atoms with van der Waals surface area (Å²) in [7, 11) is 0. The fraction of sp³-hybridized carbons (Fsp3) is 0.231. The van der Waals surface area contributed by atoms with E-state index in [4.69, 9.17) is 9.72 Å². The van der Waals surface area contributed by atoms with Crippen LogP contribution in [-0.2, 0) is 0 Å². The lowest BCUT2D eigenvalue weighted by atomic mass is 10.1. The third-order valence-electron chi connectivity index (χ3n) is 5.34. The Hall–Kier alpha value is -3.60. The van der Waals surface area contributed by atoms with Gasteiger partial charge in [-0.15, -0.1) is 0 Å². The Labute approximate surface area is 182 Å². The molecule has 0 saturated carbocycles. The lowest BCUT2D eigenvalue weighted by molar-refractivity contribution is 0.102. The summed E-state index contributed by atoms with van der Waals surface area (Å²) in [4.78, 5) is 17.6. The minimum absolute atomic E-state index is 0.147. The third-order valence-corrected chi connectivity index (χ3v) is 5.34. The van der Waals surface area contributed by atoms with Crippen molar-refractivity contribution in [3.05, 3.63) is 83.7 Å². The molecule has 4 rings (SSSR count). The number of anilines is 1. The van der Waals surface area contributed by atoms with Gasteiger partial charge in [0.2, 0.25) is 0 Å². The Balaban J connectivity index is 1.53. The number of nitrogens with zero attached hydrogens (tertiary/aromatic N) is 2. The molecule has 1 N–H and O–H groups in total. The van der Waals surface area contributed by atoms with Crippen LogP contribution in [0.4, 0.5) is 5.69 Å². The van der Waals surface area contributed by atoms with E-state index in [1.807, 2.05) is 73.1 Å². The average molecular weight is 414 g/mol. The summed E-state index contributed by atoms with van der Waals surface area (Å²) in [6, 6.07) is 17.3. The Morgan fingerprint density at radius 2 is 1.87 bits per heavy atom. The lowest BCUT2D eigenvalue weighted by Gasteiger charge is -2.11. The van der Waals surface area contributed by atoms with Gasteiger partial charge in [0.05, 0.1) is 12.3 Å². The summed E-state index contributed by atoms with van der Waals surface area (Å²) in [5.74, 6) is 0.636. The first-order chi connectivity index (χ1) is 15.0. The summed E-state index contributed by atoms with van der Waals surface area (Å²) in [5, 5.41) is 3.04. The predicted octanol–water partition coefficient (Wildman–Crippen LogP) is 6.05. The number of benzene rings is 2. The average Bonchev–Trinajstić information content (AvgIpc) is 3.22. The highest BCUT2D eigenvalue weighted by molar-refractivity contribution is 6.05. The highest BCUT2D eigenvalue weighted by Gasteiger charge is 2.11. The normalized spacial score (nSPS) is 10.9. The summed E-state index contributed by atoms with van der Waals surface area (Å²) in [5.41, 5.74) is 6.26. The molecule has 0 radical (unpaired) electrons. The Kier molecular flexibility index (Phi) is 6.03. The molecule has 0 spiro atoms. The fourth-order valence-corrected chi connectivity index (χ4v) is 3.44. The smallest absolute Gasteiger partial charge is 0.255 e. The highest BCUT2D eigenvalue weighted by atomic mass is 16.5. The SMILES string of the molecule is CCCCOc1ccc(C(=O)Nc2cc(-c3cn4cccc(C)c4n3)ccc2C)cc1. The highest BCUT2D eigenvalue weighted by Crippen LogP contribution is 2.26. The van der Waals surface area contributed by atoms with Gasteiger partial charge in [0.25, 0.3) is 5.91 Å². The maximum absolute atomic E-state index is 12.8. The van der Waals surface area contributed by atoms with E-state index >= 15 is 0 Å². The largest absolute Gasteiger partial charge is 0.494 e. The van der Waals surface area contributed by atoms with Crippen molar-refractivity contribution in [3.8, 4) is 17.0 Å². The molecule has 2 aromatic carbocycles. The van der Waals surface area contributed by atoms with Crippen LogP contribution in [0.5, 0.6) is 5.75 Å². The first kappa shape index (κ1) is 20.7. The van der Waals surface area contributed by atoms with Gasteiger partial charge in [0.1, 0.15) is 11.4 Å². The first-order valence-electron chi connectivity index (χ1n) is 10.6. The summed E-state index contributed by atoms with van der Waals surface area (Å²) < 4.78 is 7.70. The zero-order chi connectivity index (χ0) is 21.8. The Bertz CT molecular complexity index is 1210. The fourth-order valence-electron chi connectivity index (χ4n) is 3.44. The summed E-state index contributed by atoms with van der Waals surface area (Å²) in [6.45, 7) is 6.85. The number of carbonyl (C=O) groups is 1. The lowest BCUT2D eigenvalue weighted by Crippen LogP contribution is -2.12. The van der Waals surface area contributed by atoms with Crippen LogP contribution < -0.4 is 10.1 Å². The van der Waals surface area contributed by atoms with Crippen molar-refractivity contribution in [3.63, 3.8) is 0 Å². The number of nitrogens with one attached hydrogen (secondary N) is 1. The summed E-state index contributed by atoms with van der Waals surface area (Å²) in [6.07, 6.45) is 6.11. The molecule has 31 heavy (non-hydrogen) atoms. The van der Waals surface area contributed by atoms with Gasteiger partial charge in [0.15, 0.2) is 0 Å². The number of ether oxygens (including phenoxy) is 1. The predicted molar refractivity (Wildman–Crippen MR) is 125 cm³/mol. The van der Waals surface area contributed by atoms with E-state index in [9.17, 15) is 4.79 Å². The molecule has 0 unspecified atom stereocenters. The van der Waals surface area contributed by atoms with Gasteiger partial charge < -0.3 is 14.5 Å². The van der Waals surface area contributed by atoms with E-state index < -0.39 is 0 Å². The number of hydrogen-bond acceptors (Lipinski definition) is 3. The maximum Gasteiger partial charge on any atom is 0.255 e. The molecule has 158 valence electrons. The topological polar surface area (TPSA) is 55.6 Å². The third kappa shape index (κ3) is 4.61. The molecule has 1 amide bonds. The first-order valence-corrected chi connectivity index (χ1v) is 10.6. The van der Waals surface area contributed by atoms with Crippen molar-refractivity contribution < 1.29 is 9.53 Å². The maximum atomic E-state index is 12.8. The van der Waals surface area contributed by atoms with Crippen LogP contribution >= 0.6 is 0 Å². The molecule has 0 fully saturated rings. The number of fused-ring (bicyclic) bond motifs is 1. The molecule has 0 saturated heterocycles. The molecule has 5 heteroatoms. The Morgan fingerprint density at radius 1 is 1.06 bits per heavy atom. The van der Waals surface area contributed by atoms with Crippen molar-refractivity contribution in [1.29, 1.82) is 0 Å². The summed E-state index contributed by atoms with van der Waals surface area (Å²) >= 11 is 0. The van der Waals surface area contributed by atoms with Crippen molar-refractivity contribution in [2.75, 3.05) is 11.9 Å². The van der Waals surface area contributed by atoms with Gasteiger partial charge in [-0.3, -0.25) is 4.79 Å². The van der Waals surface area contributed by atoms with E-state index in [0.717, 1.165) is 52.3 Å². The second-order valence-electron chi connectivity index (χ2n) is 7.76. The molecule has 4 aromatic rings. The van der Waals surface area contributed by atoms with Gasteiger partial charge in [0, 0.05) is 29.2 Å². The van der Waals surface area contributed by atoms with Crippen LogP contribution in [0.1, 0.15) is 41.3 Å². The van der Waals surface area contributed by atoms with Crippen LogP contribution in [0.25, 0.3) is 16.9 Å². The van der Waals surface area contributed by atoms with Crippen LogP contribution in [0.3, 0.4) is 0 Å². The van der Waals surface area contributed by atoms with Gasteiger partial charge in [-0.05, 0) is 67.8 Å². The molecule has 0 aliphatic heterocycles. The van der Waals surface area contributed by atoms with Crippen molar-refractivity contribution in [1.82, 2.24) is 9.38 Å². The molecule has 0 bridgehead atoms. The zero-order valence-electron chi connectivity index (χ0n) is 18.2. The monoisotopic (exact) mass is 413 g/mol. The second-order valence-corrected chi connectivity index (χ2v) is 7.76.